The third kappa shape index (κ3) is 1.50. The molecular weight excluding hydrogens is 163 g/mol. The molecule has 0 bridgehead atoms. The van der Waals surface area contributed by atoms with Crippen molar-refractivity contribution in [2.24, 2.45) is 0 Å². The Kier molecular flexibility index (Phi) is 1.93. The Balaban J connectivity index is 2.56. The number of hydrogen-bond donors (Lipinski definition) is 0. The molecule has 1 heterocycles. The Morgan fingerprint density at radius 1 is 1.38 bits per heavy atom. The average Bonchev–Trinajstić information content (AvgIpc) is 2.29. The standard InChI is InChI=1S/C10H7BO2/c11-7-3-4-10-8(6-7)9(12)2-1-5-13-10/h1-4,6H,5H2. The predicted molar refractivity (Wildman–Crippen MR) is 50.8 cm³/mol. The minimum absolute atomic E-state index is 0.0557. The Labute approximate surface area is 77.6 Å². The number of rotatable bonds is 0. The Morgan fingerprint density at radius 3 is 3.08 bits per heavy atom. The molecule has 62 valence electrons. The minimum atomic E-state index is -0.0557. The van der Waals surface area contributed by atoms with Crippen LogP contribution in [0.5, 0.6) is 5.75 Å². The highest BCUT2D eigenvalue weighted by molar-refractivity contribution is 6.33. The summed E-state index contributed by atoms with van der Waals surface area (Å²) in [6, 6.07) is 5.07. The molecule has 1 aromatic rings. The molecule has 0 unspecified atom stereocenters. The van der Waals surface area contributed by atoms with Crippen LogP contribution in [-0.4, -0.2) is 20.2 Å². The minimum Gasteiger partial charge on any atom is -0.489 e. The van der Waals surface area contributed by atoms with E-state index in [1.165, 1.54) is 6.08 Å². The largest absolute Gasteiger partial charge is 0.489 e. The summed E-state index contributed by atoms with van der Waals surface area (Å²) < 4.78 is 5.31. The van der Waals surface area contributed by atoms with Gasteiger partial charge in [0.1, 0.15) is 20.2 Å². The summed E-state index contributed by atoms with van der Waals surface area (Å²) in [4.78, 5) is 11.4. The van der Waals surface area contributed by atoms with E-state index in [4.69, 9.17) is 12.6 Å². The Bertz CT molecular complexity index is 383. The van der Waals surface area contributed by atoms with Crippen LogP contribution in [-0.2, 0) is 0 Å². The fraction of sp³-hybridized carbons (Fsp3) is 0.100. The highest BCUT2D eigenvalue weighted by atomic mass is 16.5. The van der Waals surface area contributed by atoms with Crippen LogP contribution in [0.3, 0.4) is 0 Å². The summed E-state index contributed by atoms with van der Waals surface area (Å²) in [5.74, 6) is 0.545. The first-order valence-electron chi connectivity index (χ1n) is 4.00. The van der Waals surface area contributed by atoms with Crippen LogP contribution in [0.25, 0.3) is 0 Å². The van der Waals surface area contributed by atoms with Gasteiger partial charge in [0.25, 0.3) is 0 Å². The second kappa shape index (κ2) is 3.09. The second-order valence-corrected chi connectivity index (χ2v) is 2.83. The Morgan fingerprint density at radius 2 is 2.23 bits per heavy atom. The number of fused-ring (bicyclic) bond motifs is 1. The van der Waals surface area contributed by atoms with Crippen molar-refractivity contribution in [2.75, 3.05) is 6.61 Å². The zero-order chi connectivity index (χ0) is 9.26. The molecule has 2 nitrogen and oxygen atoms in total. The fourth-order valence-electron chi connectivity index (χ4n) is 1.25. The first-order chi connectivity index (χ1) is 6.27. The van der Waals surface area contributed by atoms with Gasteiger partial charge in [0, 0.05) is 0 Å². The predicted octanol–water partition coefficient (Wildman–Crippen LogP) is 0.612. The first kappa shape index (κ1) is 8.11. The van der Waals surface area contributed by atoms with E-state index in [-0.39, 0.29) is 5.78 Å². The van der Waals surface area contributed by atoms with Gasteiger partial charge in [-0.05, 0) is 18.2 Å². The number of carbonyl (C=O) groups is 1. The fourth-order valence-corrected chi connectivity index (χ4v) is 1.25. The van der Waals surface area contributed by atoms with Crippen LogP contribution in [0.2, 0.25) is 0 Å². The summed E-state index contributed by atoms with van der Waals surface area (Å²) in [7, 11) is 5.56. The number of allylic oxidation sites excluding steroid dienone is 1. The molecule has 0 atom stereocenters. The normalized spacial score (nSPS) is 14.6. The van der Waals surface area contributed by atoms with Crippen LogP contribution >= 0.6 is 0 Å². The molecule has 0 spiro atoms. The maximum Gasteiger partial charge on any atom is 0.189 e. The van der Waals surface area contributed by atoms with E-state index in [1.807, 2.05) is 0 Å². The van der Waals surface area contributed by atoms with E-state index in [2.05, 4.69) is 0 Å². The molecule has 1 aromatic carbocycles. The quantitative estimate of drug-likeness (QED) is 0.533. The molecule has 1 aliphatic rings. The lowest BCUT2D eigenvalue weighted by Gasteiger charge is -2.06. The molecule has 0 N–H and O–H groups in total. The lowest BCUT2D eigenvalue weighted by atomic mass is 9.93. The van der Waals surface area contributed by atoms with Gasteiger partial charge in [0.2, 0.25) is 0 Å². The summed E-state index contributed by atoms with van der Waals surface area (Å²) in [6.07, 6.45) is 3.20. The van der Waals surface area contributed by atoms with Crippen LogP contribution in [0.4, 0.5) is 0 Å². The van der Waals surface area contributed by atoms with E-state index < -0.39 is 0 Å². The van der Waals surface area contributed by atoms with Gasteiger partial charge in [-0.25, -0.2) is 0 Å². The summed E-state index contributed by atoms with van der Waals surface area (Å²) in [5.41, 5.74) is 1.11. The Hall–Kier alpha value is -1.51. The van der Waals surface area contributed by atoms with Crippen molar-refractivity contribution >= 4 is 19.1 Å². The van der Waals surface area contributed by atoms with Crippen molar-refractivity contribution in [2.45, 2.75) is 0 Å². The molecule has 13 heavy (non-hydrogen) atoms. The van der Waals surface area contributed by atoms with E-state index in [9.17, 15) is 4.79 Å². The zero-order valence-corrected chi connectivity index (χ0v) is 6.99. The molecule has 0 saturated carbocycles. The summed E-state index contributed by atoms with van der Waals surface area (Å²) >= 11 is 0. The van der Waals surface area contributed by atoms with Crippen molar-refractivity contribution in [3.05, 3.63) is 35.9 Å². The molecule has 0 aliphatic carbocycles. The van der Waals surface area contributed by atoms with Gasteiger partial charge in [-0.15, -0.1) is 0 Å². The van der Waals surface area contributed by atoms with E-state index in [1.54, 1.807) is 24.3 Å². The zero-order valence-electron chi connectivity index (χ0n) is 6.99. The third-order valence-corrected chi connectivity index (χ3v) is 1.87. The third-order valence-electron chi connectivity index (χ3n) is 1.87. The van der Waals surface area contributed by atoms with Gasteiger partial charge in [-0.1, -0.05) is 17.6 Å². The number of carbonyl (C=O) groups excluding carboxylic acids is 1. The second-order valence-electron chi connectivity index (χ2n) is 2.83. The lowest BCUT2D eigenvalue weighted by Crippen LogP contribution is -2.07. The smallest absolute Gasteiger partial charge is 0.189 e. The number of ketones is 1. The average molecular weight is 170 g/mol. The molecular formula is C10H7BO2. The maximum atomic E-state index is 11.4. The van der Waals surface area contributed by atoms with Crippen LogP contribution in [0.1, 0.15) is 10.4 Å². The van der Waals surface area contributed by atoms with Crippen LogP contribution in [0.15, 0.2) is 30.4 Å². The van der Waals surface area contributed by atoms with Gasteiger partial charge in [0.15, 0.2) is 5.78 Å². The van der Waals surface area contributed by atoms with Gasteiger partial charge in [-0.3, -0.25) is 4.79 Å². The molecule has 2 rings (SSSR count). The molecule has 1 aliphatic heterocycles. The number of hydrogen-bond acceptors (Lipinski definition) is 2. The van der Waals surface area contributed by atoms with E-state index in [0.29, 0.717) is 23.4 Å². The number of benzene rings is 1. The molecule has 0 amide bonds. The van der Waals surface area contributed by atoms with Crippen molar-refractivity contribution in [3.8, 4) is 5.75 Å². The summed E-state index contributed by atoms with van der Waals surface area (Å²) in [5, 5.41) is 0. The van der Waals surface area contributed by atoms with Crippen molar-refractivity contribution < 1.29 is 9.53 Å². The molecule has 0 fully saturated rings. The topological polar surface area (TPSA) is 26.3 Å². The van der Waals surface area contributed by atoms with Gasteiger partial charge in [-0.2, -0.15) is 0 Å². The van der Waals surface area contributed by atoms with Crippen LogP contribution < -0.4 is 10.2 Å². The SMILES string of the molecule is [B]c1ccc2c(c1)C(=O)C=CCO2. The van der Waals surface area contributed by atoms with E-state index in [0.717, 1.165) is 0 Å². The van der Waals surface area contributed by atoms with Crippen LogP contribution in [0, 0.1) is 0 Å². The van der Waals surface area contributed by atoms with Crippen molar-refractivity contribution in [1.29, 1.82) is 0 Å². The van der Waals surface area contributed by atoms with Crippen molar-refractivity contribution in [1.82, 2.24) is 0 Å². The monoisotopic (exact) mass is 170 g/mol. The summed E-state index contributed by atoms with van der Waals surface area (Å²) in [6.45, 7) is 0.433. The van der Waals surface area contributed by atoms with Gasteiger partial charge in [0.05, 0.1) is 5.56 Å². The number of ether oxygens (including phenoxy) is 1. The maximum absolute atomic E-state index is 11.4. The molecule has 2 radical (unpaired) electrons. The molecule has 0 aromatic heterocycles. The molecule has 3 heteroatoms. The molecule has 0 saturated heterocycles. The van der Waals surface area contributed by atoms with E-state index >= 15 is 0 Å². The van der Waals surface area contributed by atoms with Crippen molar-refractivity contribution in [3.63, 3.8) is 0 Å². The highest BCUT2D eigenvalue weighted by Crippen LogP contribution is 2.19. The highest BCUT2D eigenvalue weighted by Gasteiger charge is 2.11. The first-order valence-corrected chi connectivity index (χ1v) is 4.00. The van der Waals surface area contributed by atoms with Gasteiger partial charge < -0.3 is 4.74 Å². The van der Waals surface area contributed by atoms with Gasteiger partial charge >= 0.3 is 0 Å². The lowest BCUT2D eigenvalue weighted by molar-refractivity contribution is 0.104.